The molecule has 0 radical (unpaired) electrons. The minimum atomic E-state index is -0.734. The van der Waals surface area contributed by atoms with Crippen molar-refractivity contribution >= 4 is 17.2 Å². The highest BCUT2D eigenvalue weighted by atomic mass is 19.1. The Hall–Kier alpha value is -2.69. The van der Waals surface area contributed by atoms with Crippen molar-refractivity contribution in [2.75, 3.05) is 18.5 Å². The van der Waals surface area contributed by atoms with E-state index in [-0.39, 0.29) is 17.7 Å². The average molecular weight is 449 g/mol. The third-order valence-electron chi connectivity index (χ3n) is 8.63. The second-order valence-corrected chi connectivity index (χ2v) is 10.4. The summed E-state index contributed by atoms with van der Waals surface area (Å²) >= 11 is 0. The summed E-state index contributed by atoms with van der Waals surface area (Å²) in [4.78, 5) is 17.1. The van der Waals surface area contributed by atoms with Crippen LogP contribution in [0.4, 0.5) is 10.1 Å². The van der Waals surface area contributed by atoms with Gasteiger partial charge in [0.05, 0.1) is 6.20 Å². The highest BCUT2D eigenvalue weighted by molar-refractivity contribution is 5.72. The van der Waals surface area contributed by atoms with Crippen LogP contribution < -0.4 is 4.90 Å². The van der Waals surface area contributed by atoms with Crippen LogP contribution in [0.3, 0.4) is 0 Å². The Morgan fingerprint density at radius 2 is 2.12 bits per heavy atom. The van der Waals surface area contributed by atoms with Crippen LogP contribution in [0, 0.1) is 23.1 Å². The maximum atomic E-state index is 13.9. The summed E-state index contributed by atoms with van der Waals surface area (Å²) in [5.74, 6) is 0.857. The molecule has 1 saturated carbocycles. The molecule has 1 aromatic carbocycles. The Bertz CT molecular complexity index is 1100. The Labute approximate surface area is 195 Å². The first-order valence-corrected chi connectivity index (χ1v) is 12.2. The molecular weight excluding hydrogens is 415 g/mol. The molecule has 1 aromatic heterocycles. The summed E-state index contributed by atoms with van der Waals surface area (Å²) in [6, 6.07) is 8.52. The minimum Gasteiger partial charge on any atom is -0.481 e. The van der Waals surface area contributed by atoms with Gasteiger partial charge in [0.15, 0.2) is 0 Å². The number of carbonyl (C=O) groups is 1. The molecule has 1 N–H and O–H groups in total. The lowest BCUT2D eigenvalue weighted by Crippen LogP contribution is -2.41. The number of hydrogen-bond donors (Lipinski definition) is 1. The fourth-order valence-corrected chi connectivity index (χ4v) is 6.98. The Balaban J connectivity index is 1.34. The zero-order chi connectivity index (χ0) is 23.2. The molecule has 0 aliphatic heterocycles. The number of hydrogen-bond acceptors (Lipinski definition) is 3. The topological polar surface area (TPSA) is 53.4 Å². The van der Waals surface area contributed by atoms with E-state index in [0.29, 0.717) is 24.2 Å². The number of carboxylic acids is 1. The van der Waals surface area contributed by atoms with Gasteiger partial charge < -0.3 is 10.0 Å². The van der Waals surface area contributed by atoms with E-state index in [0.717, 1.165) is 31.4 Å². The highest BCUT2D eigenvalue weighted by Crippen LogP contribution is 2.63. The van der Waals surface area contributed by atoms with E-state index in [9.17, 15) is 9.18 Å². The molecule has 3 aliphatic carbocycles. The van der Waals surface area contributed by atoms with Crippen molar-refractivity contribution in [3.05, 3.63) is 65.2 Å². The molecular formula is C28H33FN2O2. The molecule has 0 spiro atoms. The van der Waals surface area contributed by atoms with Crippen molar-refractivity contribution in [1.29, 1.82) is 0 Å². The number of aromatic nitrogens is 1. The SMILES string of the molecule is CN(CCCC(=O)O)c1ccc2c(c1)CC[C@@H]1C2CC[C@]2(C)C(c3cncc(F)c3)=CC[C@@H]12. The second kappa shape index (κ2) is 8.58. The van der Waals surface area contributed by atoms with E-state index in [1.54, 1.807) is 6.07 Å². The van der Waals surface area contributed by atoms with Gasteiger partial charge in [-0.1, -0.05) is 19.1 Å². The van der Waals surface area contributed by atoms with E-state index in [4.69, 9.17) is 5.11 Å². The Morgan fingerprint density at radius 1 is 1.27 bits per heavy atom. The number of anilines is 1. The molecule has 3 aliphatic rings. The van der Waals surface area contributed by atoms with Crippen LogP contribution in [0.2, 0.25) is 0 Å². The van der Waals surface area contributed by atoms with E-state index in [1.165, 1.54) is 41.4 Å². The molecule has 0 amide bonds. The van der Waals surface area contributed by atoms with Crippen LogP contribution in [-0.4, -0.2) is 29.7 Å². The number of fused-ring (bicyclic) bond motifs is 5. The van der Waals surface area contributed by atoms with Crippen LogP contribution >= 0.6 is 0 Å². The van der Waals surface area contributed by atoms with Crippen molar-refractivity contribution in [2.45, 2.75) is 57.8 Å². The minimum absolute atomic E-state index is 0.0957. The molecule has 1 fully saturated rings. The summed E-state index contributed by atoms with van der Waals surface area (Å²) in [5, 5.41) is 8.90. The van der Waals surface area contributed by atoms with Gasteiger partial charge in [-0.2, -0.15) is 0 Å². The van der Waals surface area contributed by atoms with Crippen molar-refractivity contribution in [2.24, 2.45) is 17.3 Å². The predicted octanol–water partition coefficient (Wildman–Crippen LogP) is 6.07. The molecule has 4 nitrogen and oxygen atoms in total. The fourth-order valence-electron chi connectivity index (χ4n) is 6.98. The van der Waals surface area contributed by atoms with Gasteiger partial charge in [-0.15, -0.1) is 0 Å². The number of aryl methyl sites for hydroxylation is 1. The zero-order valence-electron chi connectivity index (χ0n) is 19.6. The van der Waals surface area contributed by atoms with Gasteiger partial charge >= 0.3 is 5.97 Å². The van der Waals surface area contributed by atoms with Crippen LogP contribution in [0.15, 0.2) is 42.7 Å². The molecule has 174 valence electrons. The molecule has 1 heterocycles. The quantitative estimate of drug-likeness (QED) is 0.583. The van der Waals surface area contributed by atoms with Gasteiger partial charge in [0.2, 0.25) is 0 Å². The van der Waals surface area contributed by atoms with Gasteiger partial charge in [-0.3, -0.25) is 9.78 Å². The van der Waals surface area contributed by atoms with Crippen molar-refractivity contribution < 1.29 is 14.3 Å². The van der Waals surface area contributed by atoms with E-state index >= 15 is 0 Å². The number of benzene rings is 1. The first-order chi connectivity index (χ1) is 15.9. The fraction of sp³-hybridized carbons (Fsp3) is 0.500. The van der Waals surface area contributed by atoms with Gasteiger partial charge in [-0.05, 0) is 102 Å². The molecule has 5 heteroatoms. The number of aliphatic carboxylic acids is 1. The number of halogens is 1. The lowest BCUT2D eigenvalue weighted by molar-refractivity contribution is -0.137. The van der Waals surface area contributed by atoms with Crippen molar-refractivity contribution in [3.8, 4) is 0 Å². The Kier molecular flexibility index (Phi) is 5.75. The number of carboxylic acid groups (broad SMARTS) is 1. The van der Waals surface area contributed by atoms with E-state index in [1.807, 2.05) is 13.2 Å². The summed E-state index contributed by atoms with van der Waals surface area (Å²) in [6.07, 6.45) is 12.0. The maximum absolute atomic E-state index is 13.9. The third kappa shape index (κ3) is 3.96. The Morgan fingerprint density at radius 3 is 2.91 bits per heavy atom. The van der Waals surface area contributed by atoms with Crippen LogP contribution in [0.1, 0.15) is 68.1 Å². The van der Waals surface area contributed by atoms with Gasteiger partial charge in [0.1, 0.15) is 5.82 Å². The monoisotopic (exact) mass is 448 g/mol. The van der Waals surface area contributed by atoms with Gasteiger partial charge in [0, 0.05) is 31.9 Å². The highest BCUT2D eigenvalue weighted by Gasteiger charge is 2.51. The van der Waals surface area contributed by atoms with Crippen molar-refractivity contribution in [1.82, 2.24) is 4.98 Å². The standard InChI is InChI=1S/C28H33FN2O2/c1-28-12-11-23-22-8-6-21(31(2)13-3-4-27(32)33)15-18(22)5-7-24(23)26(28)10-9-25(28)19-14-20(29)17-30-16-19/h6,8-9,14-17,23-24,26H,3-5,7,10-13H2,1-2H3,(H,32,33)/t23?,24-,26+,28-/m1/s1. The molecule has 4 atom stereocenters. The third-order valence-corrected chi connectivity index (χ3v) is 8.63. The maximum Gasteiger partial charge on any atom is 0.303 e. The van der Waals surface area contributed by atoms with Crippen LogP contribution in [-0.2, 0) is 11.2 Å². The van der Waals surface area contributed by atoms with Crippen molar-refractivity contribution in [3.63, 3.8) is 0 Å². The molecule has 33 heavy (non-hydrogen) atoms. The smallest absolute Gasteiger partial charge is 0.303 e. The summed E-state index contributed by atoms with van der Waals surface area (Å²) in [6.45, 7) is 3.14. The second-order valence-electron chi connectivity index (χ2n) is 10.4. The van der Waals surface area contributed by atoms with Crippen LogP contribution in [0.25, 0.3) is 5.57 Å². The van der Waals surface area contributed by atoms with Gasteiger partial charge in [-0.25, -0.2) is 4.39 Å². The first kappa shape index (κ1) is 22.1. The lowest BCUT2D eigenvalue weighted by Gasteiger charge is -2.50. The van der Waals surface area contributed by atoms with E-state index in [2.05, 4.69) is 41.1 Å². The molecule has 0 bridgehead atoms. The zero-order valence-corrected chi connectivity index (χ0v) is 19.6. The van der Waals surface area contributed by atoms with E-state index < -0.39 is 5.97 Å². The summed E-state index contributed by atoms with van der Waals surface area (Å²) in [5.41, 5.74) is 6.49. The van der Waals surface area contributed by atoms with Crippen LogP contribution in [0.5, 0.6) is 0 Å². The number of pyridine rings is 1. The predicted molar refractivity (Wildman–Crippen MR) is 129 cm³/mol. The largest absolute Gasteiger partial charge is 0.481 e. The lowest BCUT2D eigenvalue weighted by atomic mass is 9.54. The van der Waals surface area contributed by atoms with Gasteiger partial charge in [0.25, 0.3) is 0 Å². The normalized spacial score (nSPS) is 27.8. The first-order valence-electron chi connectivity index (χ1n) is 12.2. The average Bonchev–Trinajstić information content (AvgIpc) is 3.15. The number of nitrogens with zero attached hydrogens (tertiary/aromatic N) is 2. The number of allylic oxidation sites excluding steroid dienone is 2. The molecule has 2 aromatic rings. The molecule has 5 rings (SSSR count). The molecule has 0 saturated heterocycles. The number of rotatable bonds is 6. The summed E-state index contributed by atoms with van der Waals surface area (Å²) < 4.78 is 13.9. The molecule has 1 unspecified atom stereocenters. The summed E-state index contributed by atoms with van der Waals surface area (Å²) in [7, 11) is 2.05.